The van der Waals surface area contributed by atoms with Gasteiger partial charge in [-0.25, -0.2) is 13.1 Å². The number of sulfonamides is 1. The van der Waals surface area contributed by atoms with E-state index < -0.39 is 10.0 Å². The molecule has 2 N–H and O–H groups in total. The Labute approximate surface area is 152 Å². The van der Waals surface area contributed by atoms with Crippen molar-refractivity contribution in [1.82, 2.24) is 9.71 Å². The molecular formula is C18H19ClN2O3S. The predicted molar refractivity (Wildman–Crippen MR) is 99.9 cm³/mol. The lowest BCUT2D eigenvalue weighted by atomic mass is 10.1. The van der Waals surface area contributed by atoms with Crippen molar-refractivity contribution in [3.05, 3.63) is 58.7 Å². The molecule has 0 aliphatic carbocycles. The summed E-state index contributed by atoms with van der Waals surface area (Å²) in [7, 11) is -2.29. The van der Waals surface area contributed by atoms with Crippen LogP contribution in [0.5, 0.6) is 5.75 Å². The topological polar surface area (TPSA) is 71.2 Å². The molecule has 0 bridgehead atoms. The van der Waals surface area contributed by atoms with E-state index in [1.807, 2.05) is 31.2 Å². The fourth-order valence-electron chi connectivity index (χ4n) is 2.91. The minimum Gasteiger partial charge on any atom is -0.495 e. The van der Waals surface area contributed by atoms with Gasteiger partial charge in [-0.2, -0.15) is 0 Å². The van der Waals surface area contributed by atoms with Crippen LogP contribution in [0, 0.1) is 6.92 Å². The molecule has 0 fully saturated rings. The van der Waals surface area contributed by atoms with Gasteiger partial charge >= 0.3 is 0 Å². The summed E-state index contributed by atoms with van der Waals surface area (Å²) in [6, 6.07) is 12.5. The van der Waals surface area contributed by atoms with Crippen molar-refractivity contribution in [2.45, 2.75) is 18.2 Å². The minimum atomic E-state index is -3.71. The van der Waals surface area contributed by atoms with Gasteiger partial charge in [0.2, 0.25) is 10.0 Å². The molecule has 0 saturated heterocycles. The van der Waals surface area contributed by atoms with E-state index in [2.05, 4.69) is 9.71 Å². The molecule has 5 nitrogen and oxygen atoms in total. The molecule has 0 amide bonds. The number of hydrogen-bond acceptors (Lipinski definition) is 3. The molecule has 7 heteroatoms. The number of para-hydroxylation sites is 1. The van der Waals surface area contributed by atoms with E-state index >= 15 is 0 Å². The van der Waals surface area contributed by atoms with Crippen LogP contribution in [0.2, 0.25) is 5.02 Å². The lowest BCUT2D eigenvalue weighted by molar-refractivity contribution is 0.402. The van der Waals surface area contributed by atoms with Gasteiger partial charge in [0, 0.05) is 28.2 Å². The Morgan fingerprint density at radius 3 is 2.72 bits per heavy atom. The van der Waals surface area contributed by atoms with Crippen LogP contribution in [-0.4, -0.2) is 27.1 Å². The molecule has 132 valence electrons. The molecule has 3 rings (SSSR count). The fraction of sp³-hybridized carbons (Fsp3) is 0.222. The summed E-state index contributed by atoms with van der Waals surface area (Å²) in [5.41, 5.74) is 3.20. The highest BCUT2D eigenvalue weighted by atomic mass is 35.5. The molecule has 0 aliphatic rings. The smallest absolute Gasteiger partial charge is 0.244 e. The van der Waals surface area contributed by atoms with Crippen molar-refractivity contribution in [1.29, 1.82) is 0 Å². The number of H-pyrrole nitrogens is 1. The maximum Gasteiger partial charge on any atom is 0.244 e. The summed E-state index contributed by atoms with van der Waals surface area (Å²) in [6.45, 7) is 2.27. The monoisotopic (exact) mass is 378 g/mol. The summed E-state index contributed by atoms with van der Waals surface area (Å²) in [5, 5.41) is 1.45. The standard InChI is InChI=1S/C18H19ClN2O3S/c1-12-14(15-5-3-4-6-16(15)21-12)9-10-20-25(22,23)18-11-13(19)7-8-17(18)24-2/h3-8,11,20-21H,9-10H2,1-2H3. The SMILES string of the molecule is COc1ccc(Cl)cc1S(=O)(=O)NCCc1c(C)[nH]c2ccccc12. The first-order chi connectivity index (χ1) is 11.9. The molecule has 2 aromatic carbocycles. The van der Waals surface area contributed by atoms with E-state index in [0.29, 0.717) is 11.4 Å². The molecule has 0 spiro atoms. The number of aryl methyl sites for hydroxylation is 1. The number of nitrogens with one attached hydrogen (secondary N) is 2. The van der Waals surface area contributed by atoms with Crippen LogP contribution in [0.3, 0.4) is 0 Å². The number of aromatic nitrogens is 1. The zero-order valence-electron chi connectivity index (χ0n) is 14.0. The van der Waals surface area contributed by atoms with Crippen molar-refractivity contribution in [3.8, 4) is 5.75 Å². The Kier molecular flexibility index (Phi) is 5.03. The second-order valence-electron chi connectivity index (χ2n) is 5.72. The number of halogens is 1. The molecule has 3 aromatic rings. The molecule has 0 saturated carbocycles. The second-order valence-corrected chi connectivity index (χ2v) is 7.89. The molecule has 1 heterocycles. The lowest BCUT2D eigenvalue weighted by Crippen LogP contribution is -2.26. The second kappa shape index (κ2) is 7.07. The van der Waals surface area contributed by atoms with Gasteiger partial charge in [-0.3, -0.25) is 0 Å². The maximum absolute atomic E-state index is 12.6. The average molecular weight is 379 g/mol. The number of aromatic amines is 1. The fourth-order valence-corrected chi connectivity index (χ4v) is 4.37. The Morgan fingerprint density at radius 2 is 1.96 bits per heavy atom. The lowest BCUT2D eigenvalue weighted by Gasteiger charge is -2.11. The molecule has 25 heavy (non-hydrogen) atoms. The van der Waals surface area contributed by atoms with Crippen LogP contribution in [0.1, 0.15) is 11.3 Å². The summed E-state index contributed by atoms with van der Waals surface area (Å²) in [5.74, 6) is 0.264. The molecule has 1 aromatic heterocycles. The van der Waals surface area contributed by atoms with Gasteiger partial charge in [-0.1, -0.05) is 29.8 Å². The highest BCUT2D eigenvalue weighted by Gasteiger charge is 2.20. The summed E-state index contributed by atoms with van der Waals surface area (Å²) in [4.78, 5) is 3.36. The van der Waals surface area contributed by atoms with Crippen LogP contribution >= 0.6 is 11.6 Å². The molecule has 0 atom stereocenters. The van der Waals surface area contributed by atoms with Gasteiger partial charge in [-0.15, -0.1) is 0 Å². The van der Waals surface area contributed by atoms with Crippen LogP contribution < -0.4 is 9.46 Å². The summed E-state index contributed by atoms with van der Waals surface area (Å²) < 4.78 is 32.9. The van der Waals surface area contributed by atoms with Crippen molar-refractivity contribution < 1.29 is 13.2 Å². The highest BCUT2D eigenvalue weighted by molar-refractivity contribution is 7.89. The molecule has 0 radical (unpaired) electrons. The Morgan fingerprint density at radius 1 is 1.20 bits per heavy atom. The average Bonchev–Trinajstić information content (AvgIpc) is 2.90. The van der Waals surface area contributed by atoms with Gasteiger partial charge in [0.25, 0.3) is 0 Å². The minimum absolute atomic E-state index is 0.0400. The van der Waals surface area contributed by atoms with Crippen LogP contribution in [-0.2, 0) is 16.4 Å². The Bertz CT molecular complexity index is 1010. The number of ether oxygens (including phenoxy) is 1. The van der Waals surface area contributed by atoms with Crippen molar-refractivity contribution >= 4 is 32.5 Å². The summed E-state index contributed by atoms with van der Waals surface area (Å²) >= 11 is 5.93. The summed E-state index contributed by atoms with van der Waals surface area (Å²) in [6.07, 6.45) is 0.581. The number of fused-ring (bicyclic) bond motifs is 1. The van der Waals surface area contributed by atoms with Gasteiger partial charge < -0.3 is 9.72 Å². The zero-order valence-corrected chi connectivity index (χ0v) is 15.5. The number of benzene rings is 2. The molecule has 0 aliphatic heterocycles. The third kappa shape index (κ3) is 3.66. The van der Waals surface area contributed by atoms with Crippen molar-refractivity contribution in [2.75, 3.05) is 13.7 Å². The molecular weight excluding hydrogens is 360 g/mol. The van der Waals surface area contributed by atoms with E-state index in [1.54, 1.807) is 12.1 Å². The van der Waals surface area contributed by atoms with Crippen LogP contribution in [0.15, 0.2) is 47.4 Å². The predicted octanol–water partition coefficient (Wildman–Crippen LogP) is 3.66. The van der Waals surface area contributed by atoms with Crippen LogP contribution in [0.4, 0.5) is 0 Å². The first kappa shape index (κ1) is 17.8. The molecule has 0 unspecified atom stereocenters. The van der Waals surface area contributed by atoms with Gasteiger partial charge in [0.15, 0.2) is 0 Å². The van der Waals surface area contributed by atoms with E-state index in [0.717, 1.165) is 22.2 Å². The zero-order chi connectivity index (χ0) is 18.0. The number of hydrogen-bond donors (Lipinski definition) is 2. The van der Waals surface area contributed by atoms with E-state index in [-0.39, 0.29) is 17.2 Å². The highest BCUT2D eigenvalue weighted by Crippen LogP contribution is 2.27. The first-order valence-electron chi connectivity index (χ1n) is 7.82. The van der Waals surface area contributed by atoms with Crippen LogP contribution in [0.25, 0.3) is 10.9 Å². The largest absolute Gasteiger partial charge is 0.495 e. The third-order valence-electron chi connectivity index (χ3n) is 4.11. The normalized spacial score (nSPS) is 11.8. The maximum atomic E-state index is 12.6. The van der Waals surface area contributed by atoms with Crippen molar-refractivity contribution in [2.24, 2.45) is 0 Å². The van der Waals surface area contributed by atoms with Gasteiger partial charge in [-0.05, 0) is 43.2 Å². The van der Waals surface area contributed by atoms with Gasteiger partial charge in [0.1, 0.15) is 10.6 Å². The number of rotatable bonds is 6. The quantitative estimate of drug-likeness (QED) is 0.687. The van der Waals surface area contributed by atoms with E-state index in [4.69, 9.17) is 16.3 Å². The van der Waals surface area contributed by atoms with E-state index in [1.165, 1.54) is 13.2 Å². The van der Waals surface area contributed by atoms with Gasteiger partial charge in [0.05, 0.1) is 7.11 Å². The first-order valence-corrected chi connectivity index (χ1v) is 9.68. The Balaban J connectivity index is 1.79. The Hall–Kier alpha value is -2.02. The number of methoxy groups -OCH3 is 1. The van der Waals surface area contributed by atoms with E-state index in [9.17, 15) is 8.42 Å². The third-order valence-corrected chi connectivity index (χ3v) is 5.83. The van der Waals surface area contributed by atoms with Crippen molar-refractivity contribution in [3.63, 3.8) is 0 Å².